The first-order valence-corrected chi connectivity index (χ1v) is 8.72. The first kappa shape index (κ1) is 16.7. The van der Waals surface area contributed by atoms with Crippen LogP contribution in [0.15, 0.2) is 8.76 Å². The lowest BCUT2D eigenvalue weighted by Crippen LogP contribution is -2.14. The topological polar surface area (TPSA) is 106 Å². The Balaban J connectivity index is 1.78. The van der Waals surface area contributed by atoms with Crippen LogP contribution in [0.4, 0.5) is 11.1 Å². The molecule has 8 nitrogen and oxygen atoms in total. The van der Waals surface area contributed by atoms with Crippen LogP contribution >= 0.6 is 23.1 Å². The Hall–Kier alpha value is -1.68. The molecule has 2 rings (SSSR count). The molecule has 22 heavy (non-hydrogen) atoms. The lowest BCUT2D eigenvalue weighted by Gasteiger charge is -1.98. The molecule has 0 radical (unpaired) electrons. The van der Waals surface area contributed by atoms with E-state index in [1.165, 1.54) is 23.1 Å². The zero-order chi connectivity index (χ0) is 15.9. The van der Waals surface area contributed by atoms with Gasteiger partial charge in [-0.15, -0.1) is 15.3 Å². The van der Waals surface area contributed by atoms with Crippen molar-refractivity contribution >= 4 is 40.2 Å². The average Bonchev–Trinajstić information content (AvgIpc) is 3.12. The molecule has 10 heteroatoms. The smallest absolute Gasteiger partial charge is 0.322 e. The minimum atomic E-state index is -0.220. The van der Waals surface area contributed by atoms with Crippen molar-refractivity contribution in [1.29, 1.82) is 0 Å². The molecule has 0 atom stereocenters. The van der Waals surface area contributed by atoms with Gasteiger partial charge in [0.15, 0.2) is 4.34 Å². The van der Waals surface area contributed by atoms with Gasteiger partial charge in [-0.05, 0) is 6.42 Å². The Morgan fingerprint density at radius 2 is 2.14 bits per heavy atom. The van der Waals surface area contributed by atoms with Crippen molar-refractivity contribution in [3.05, 3.63) is 5.89 Å². The van der Waals surface area contributed by atoms with Gasteiger partial charge in [-0.2, -0.15) is 0 Å². The third-order valence-corrected chi connectivity index (χ3v) is 4.45. The summed E-state index contributed by atoms with van der Waals surface area (Å²) < 4.78 is 6.06. The van der Waals surface area contributed by atoms with Gasteiger partial charge >= 0.3 is 6.01 Å². The number of carbonyl (C=O) groups is 1. The number of anilines is 2. The monoisotopic (exact) mass is 342 g/mol. The van der Waals surface area contributed by atoms with E-state index in [0.717, 1.165) is 22.4 Å². The summed E-state index contributed by atoms with van der Waals surface area (Å²) in [6, 6.07) is 0.122. The van der Waals surface area contributed by atoms with Crippen molar-refractivity contribution in [3.63, 3.8) is 0 Å². The standard InChI is InChI=1S/C12H18N6O2S2/c1-4-5-13-11-17-18-12(22-11)21-6-8(19)14-10-16-15-9(20-10)7(2)3/h7H,4-6H2,1-3H3,(H,13,17)(H,14,16,19). The molecule has 2 aromatic heterocycles. The molecule has 0 bridgehead atoms. The summed E-state index contributed by atoms with van der Waals surface area (Å²) in [5.41, 5.74) is 0. The predicted octanol–water partition coefficient (Wildman–Crippen LogP) is 2.60. The van der Waals surface area contributed by atoms with Crippen molar-refractivity contribution in [2.75, 3.05) is 22.9 Å². The van der Waals surface area contributed by atoms with Crippen LogP contribution in [0.2, 0.25) is 0 Å². The zero-order valence-electron chi connectivity index (χ0n) is 12.6. The minimum Gasteiger partial charge on any atom is -0.408 e. The number of hydrogen-bond acceptors (Lipinski definition) is 9. The number of amides is 1. The maximum absolute atomic E-state index is 11.8. The molecule has 0 unspecified atom stereocenters. The maximum Gasteiger partial charge on any atom is 0.322 e. The van der Waals surface area contributed by atoms with E-state index in [1.54, 1.807) is 0 Å². The van der Waals surface area contributed by atoms with Crippen LogP contribution in [0.5, 0.6) is 0 Å². The summed E-state index contributed by atoms with van der Waals surface area (Å²) in [7, 11) is 0. The third kappa shape index (κ3) is 4.95. The molecule has 2 aromatic rings. The van der Waals surface area contributed by atoms with Crippen LogP contribution in [0.3, 0.4) is 0 Å². The minimum absolute atomic E-state index is 0.122. The number of rotatable bonds is 8. The molecular formula is C12H18N6O2S2. The van der Waals surface area contributed by atoms with E-state index >= 15 is 0 Å². The molecule has 1 amide bonds. The molecule has 0 aromatic carbocycles. The predicted molar refractivity (Wildman–Crippen MR) is 86.4 cm³/mol. The summed E-state index contributed by atoms with van der Waals surface area (Å²) in [5.74, 6) is 0.617. The highest BCUT2D eigenvalue weighted by Crippen LogP contribution is 2.25. The van der Waals surface area contributed by atoms with Gasteiger partial charge in [0, 0.05) is 12.5 Å². The van der Waals surface area contributed by atoms with Gasteiger partial charge in [0.2, 0.25) is 16.9 Å². The Bertz CT molecular complexity index is 612. The third-order valence-electron chi connectivity index (χ3n) is 2.44. The summed E-state index contributed by atoms with van der Waals surface area (Å²) >= 11 is 2.75. The van der Waals surface area contributed by atoms with Gasteiger partial charge < -0.3 is 9.73 Å². The van der Waals surface area contributed by atoms with Crippen molar-refractivity contribution in [3.8, 4) is 0 Å². The molecule has 120 valence electrons. The fourth-order valence-electron chi connectivity index (χ4n) is 1.37. The van der Waals surface area contributed by atoms with Crippen LogP contribution in [-0.4, -0.2) is 38.6 Å². The van der Waals surface area contributed by atoms with Crippen LogP contribution in [0, 0.1) is 0 Å². The molecule has 0 fully saturated rings. The molecule has 2 N–H and O–H groups in total. The molecule has 0 aliphatic heterocycles. The van der Waals surface area contributed by atoms with Crippen LogP contribution in [0.25, 0.3) is 0 Å². The van der Waals surface area contributed by atoms with E-state index in [0.29, 0.717) is 5.89 Å². The van der Waals surface area contributed by atoms with Gasteiger partial charge in [0.25, 0.3) is 0 Å². The quantitative estimate of drug-likeness (QED) is 0.705. The van der Waals surface area contributed by atoms with Crippen molar-refractivity contribution in [1.82, 2.24) is 20.4 Å². The molecule has 0 aliphatic carbocycles. The van der Waals surface area contributed by atoms with E-state index in [2.05, 4.69) is 38.0 Å². The number of hydrogen-bond donors (Lipinski definition) is 2. The molecular weight excluding hydrogens is 324 g/mol. The zero-order valence-corrected chi connectivity index (χ0v) is 14.3. The molecule has 0 spiro atoms. The Morgan fingerprint density at radius 1 is 1.32 bits per heavy atom. The SMILES string of the molecule is CCCNc1nnc(SCC(=O)Nc2nnc(C(C)C)o2)s1. The second kappa shape index (κ2) is 8.08. The van der Waals surface area contributed by atoms with Gasteiger partial charge in [-0.3, -0.25) is 10.1 Å². The number of aromatic nitrogens is 4. The lowest BCUT2D eigenvalue weighted by atomic mass is 10.2. The number of carbonyl (C=O) groups excluding carboxylic acids is 1. The van der Waals surface area contributed by atoms with Gasteiger partial charge in [0.1, 0.15) is 0 Å². The molecule has 0 saturated carbocycles. The fourth-order valence-corrected chi connectivity index (χ4v) is 2.95. The first-order chi connectivity index (χ1) is 10.6. The summed E-state index contributed by atoms with van der Waals surface area (Å²) in [6.45, 7) is 6.81. The molecule has 0 aliphatic rings. The van der Waals surface area contributed by atoms with Gasteiger partial charge in [-0.1, -0.05) is 49.0 Å². The molecule has 0 saturated heterocycles. The number of nitrogens with one attached hydrogen (secondary N) is 2. The second-order valence-corrected chi connectivity index (χ2v) is 6.94. The first-order valence-electron chi connectivity index (χ1n) is 6.92. The lowest BCUT2D eigenvalue weighted by molar-refractivity contribution is -0.113. The average molecular weight is 342 g/mol. The highest BCUT2D eigenvalue weighted by molar-refractivity contribution is 8.01. The Kier molecular flexibility index (Phi) is 6.13. The van der Waals surface area contributed by atoms with Crippen molar-refractivity contribution in [2.45, 2.75) is 37.4 Å². The summed E-state index contributed by atoms with van der Waals surface area (Å²) in [5, 5.41) is 22.1. The molecule has 2 heterocycles. The number of nitrogens with zero attached hydrogens (tertiary/aromatic N) is 4. The Labute approximate surface area is 136 Å². The normalized spacial score (nSPS) is 10.9. The van der Waals surface area contributed by atoms with Crippen molar-refractivity contribution in [2.24, 2.45) is 0 Å². The largest absolute Gasteiger partial charge is 0.408 e. The maximum atomic E-state index is 11.8. The van der Waals surface area contributed by atoms with Crippen LogP contribution in [0.1, 0.15) is 39.0 Å². The summed E-state index contributed by atoms with van der Waals surface area (Å²) in [6.07, 6.45) is 1.02. The van der Waals surface area contributed by atoms with Gasteiger partial charge in [-0.25, -0.2) is 0 Å². The van der Waals surface area contributed by atoms with E-state index < -0.39 is 0 Å². The fraction of sp³-hybridized carbons (Fsp3) is 0.583. The highest BCUT2D eigenvalue weighted by atomic mass is 32.2. The van der Waals surface area contributed by atoms with Gasteiger partial charge in [0.05, 0.1) is 5.75 Å². The van der Waals surface area contributed by atoms with Crippen LogP contribution in [-0.2, 0) is 4.79 Å². The highest BCUT2D eigenvalue weighted by Gasteiger charge is 2.13. The van der Waals surface area contributed by atoms with E-state index in [9.17, 15) is 4.79 Å². The van der Waals surface area contributed by atoms with Crippen molar-refractivity contribution < 1.29 is 9.21 Å². The second-order valence-electron chi connectivity index (χ2n) is 4.74. The van der Waals surface area contributed by atoms with E-state index in [-0.39, 0.29) is 23.6 Å². The number of thioether (sulfide) groups is 1. The Morgan fingerprint density at radius 3 is 2.82 bits per heavy atom. The van der Waals surface area contributed by atoms with E-state index in [4.69, 9.17) is 4.42 Å². The van der Waals surface area contributed by atoms with E-state index in [1.807, 2.05) is 13.8 Å². The summed E-state index contributed by atoms with van der Waals surface area (Å²) in [4.78, 5) is 11.8. The van der Waals surface area contributed by atoms with Crippen LogP contribution < -0.4 is 10.6 Å².